The van der Waals surface area contributed by atoms with Gasteiger partial charge in [-0.2, -0.15) is 0 Å². The summed E-state index contributed by atoms with van der Waals surface area (Å²) in [6, 6.07) is 8.68. The van der Waals surface area contributed by atoms with Crippen molar-refractivity contribution in [1.82, 2.24) is 10.2 Å². The van der Waals surface area contributed by atoms with Crippen LogP contribution in [0.4, 0.5) is 20.6 Å². The monoisotopic (exact) mass is 464 g/mol. The summed E-state index contributed by atoms with van der Waals surface area (Å²) in [7, 11) is 0. The van der Waals surface area contributed by atoms with Crippen LogP contribution in [0.3, 0.4) is 0 Å². The van der Waals surface area contributed by atoms with E-state index in [9.17, 15) is 28.9 Å². The summed E-state index contributed by atoms with van der Waals surface area (Å²) in [5.74, 6) is -2.34. The van der Waals surface area contributed by atoms with Crippen LogP contribution in [-0.2, 0) is 15.1 Å². The number of nitro groups is 1. The number of imide groups is 1. The molecule has 1 unspecified atom stereocenters. The Kier molecular flexibility index (Phi) is 5.33. The van der Waals surface area contributed by atoms with Gasteiger partial charge in [-0.25, -0.2) is 9.18 Å². The van der Waals surface area contributed by atoms with Crippen LogP contribution in [-0.4, -0.2) is 34.2 Å². The Labute approximate surface area is 172 Å². The van der Waals surface area contributed by atoms with Gasteiger partial charge in [-0.1, -0.05) is 34.1 Å². The molecule has 1 fully saturated rings. The van der Waals surface area contributed by atoms with Gasteiger partial charge in [-0.05, 0) is 25.1 Å². The molecule has 2 N–H and O–H groups in total. The maximum absolute atomic E-state index is 13.2. The molecule has 0 bridgehead atoms. The lowest BCUT2D eigenvalue weighted by Gasteiger charge is -2.23. The first-order valence-corrected chi connectivity index (χ1v) is 9.05. The molecule has 9 nitrogen and oxygen atoms in total. The van der Waals surface area contributed by atoms with Crippen molar-refractivity contribution >= 4 is 45.2 Å². The Morgan fingerprint density at radius 3 is 2.66 bits per heavy atom. The number of nitro benzene ring substituents is 1. The highest BCUT2D eigenvalue weighted by molar-refractivity contribution is 9.10. The molecule has 0 radical (unpaired) electrons. The number of nitrogens with zero attached hydrogens (tertiary/aromatic N) is 2. The van der Waals surface area contributed by atoms with Crippen molar-refractivity contribution in [2.45, 2.75) is 12.5 Å². The van der Waals surface area contributed by atoms with Gasteiger partial charge >= 0.3 is 6.03 Å². The van der Waals surface area contributed by atoms with Gasteiger partial charge in [-0.3, -0.25) is 24.6 Å². The molecule has 1 heterocycles. The molecule has 0 spiro atoms. The van der Waals surface area contributed by atoms with E-state index < -0.39 is 46.4 Å². The summed E-state index contributed by atoms with van der Waals surface area (Å²) in [6.45, 7) is 0.843. The van der Waals surface area contributed by atoms with Crippen LogP contribution in [0.2, 0.25) is 0 Å². The third-order valence-electron chi connectivity index (χ3n) is 4.42. The van der Waals surface area contributed by atoms with Crippen LogP contribution in [0, 0.1) is 15.9 Å². The van der Waals surface area contributed by atoms with Crippen molar-refractivity contribution in [3.8, 4) is 0 Å². The van der Waals surface area contributed by atoms with Gasteiger partial charge in [0.2, 0.25) is 5.91 Å². The SMILES string of the molecule is CC1(c2ccccc2Br)NC(=O)N(CC(=O)Nc2ccc(F)cc2[N+](=O)[O-])C1=O. The maximum atomic E-state index is 13.2. The largest absolute Gasteiger partial charge is 0.325 e. The summed E-state index contributed by atoms with van der Waals surface area (Å²) in [5, 5.41) is 15.8. The highest BCUT2D eigenvalue weighted by atomic mass is 79.9. The molecule has 0 saturated carbocycles. The second-order valence-corrected chi connectivity index (χ2v) is 7.25. The average Bonchev–Trinajstić information content (AvgIpc) is 2.87. The van der Waals surface area contributed by atoms with E-state index in [-0.39, 0.29) is 5.69 Å². The van der Waals surface area contributed by atoms with Crippen LogP contribution in [0.5, 0.6) is 0 Å². The Morgan fingerprint density at radius 2 is 2.00 bits per heavy atom. The van der Waals surface area contributed by atoms with Crippen molar-refractivity contribution in [2.75, 3.05) is 11.9 Å². The quantitative estimate of drug-likeness (QED) is 0.400. The first-order chi connectivity index (χ1) is 13.6. The van der Waals surface area contributed by atoms with Crippen LogP contribution >= 0.6 is 15.9 Å². The zero-order valence-corrected chi connectivity index (χ0v) is 16.5. The molecule has 2 aromatic rings. The van der Waals surface area contributed by atoms with Crippen LogP contribution in [0.15, 0.2) is 46.9 Å². The van der Waals surface area contributed by atoms with E-state index in [1.54, 1.807) is 24.3 Å². The molecule has 29 heavy (non-hydrogen) atoms. The van der Waals surface area contributed by atoms with E-state index in [4.69, 9.17) is 0 Å². The van der Waals surface area contributed by atoms with Gasteiger partial charge in [0.15, 0.2) is 0 Å². The molecule has 0 aliphatic carbocycles. The van der Waals surface area contributed by atoms with E-state index in [0.29, 0.717) is 21.0 Å². The minimum Gasteiger partial charge on any atom is -0.319 e. The summed E-state index contributed by atoms with van der Waals surface area (Å²) in [5.41, 5.74) is -1.77. The maximum Gasteiger partial charge on any atom is 0.325 e. The predicted octanol–water partition coefficient (Wildman–Crippen LogP) is 2.90. The molecule has 1 atom stereocenters. The van der Waals surface area contributed by atoms with E-state index in [1.807, 2.05) is 0 Å². The number of hydrogen-bond acceptors (Lipinski definition) is 5. The lowest BCUT2D eigenvalue weighted by atomic mass is 9.92. The Balaban J connectivity index is 1.80. The highest BCUT2D eigenvalue weighted by Crippen LogP contribution is 2.33. The topological polar surface area (TPSA) is 122 Å². The van der Waals surface area contributed by atoms with Crippen molar-refractivity contribution in [1.29, 1.82) is 0 Å². The molecule has 2 aromatic carbocycles. The van der Waals surface area contributed by atoms with Gasteiger partial charge < -0.3 is 10.6 Å². The first-order valence-electron chi connectivity index (χ1n) is 8.26. The number of urea groups is 1. The summed E-state index contributed by atoms with van der Waals surface area (Å²) in [4.78, 5) is 48.4. The number of hydrogen-bond donors (Lipinski definition) is 2. The van der Waals surface area contributed by atoms with Gasteiger partial charge in [0, 0.05) is 10.0 Å². The number of benzene rings is 2. The van der Waals surface area contributed by atoms with Gasteiger partial charge in [-0.15, -0.1) is 0 Å². The highest BCUT2D eigenvalue weighted by Gasteiger charge is 2.50. The number of carbonyl (C=O) groups excluding carboxylic acids is 3. The predicted molar refractivity (Wildman–Crippen MR) is 103 cm³/mol. The number of amides is 4. The molecule has 1 aliphatic heterocycles. The molecule has 4 amide bonds. The minimum atomic E-state index is -1.39. The number of nitrogens with one attached hydrogen (secondary N) is 2. The van der Waals surface area contributed by atoms with Crippen LogP contribution < -0.4 is 10.6 Å². The Morgan fingerprint density at radius 1 is 1.31 bits per heavy atom. The van der Waals surface area contributed by atoms with E-state index >= 15 is 0 Å². The number of anilines is 1. The summed E-state index contributed by atoms with van der Waals surface area (Å²) < 4.78 is 13.8. The summed E-state index contributed by atoms with van der Waals surface area (Å²) >= 11 is 3.34. The van der Waals surface area contributed by atoms with Gasteiger partial charge in [0.25, 0.3) is 11.6 Å². The van der Waals surface area contributed by atoms with Gasteiger partial charge in [0.1, 0.15) is 23.6 Å². The van der Waals surface area contributed by atoms with Crippen molar-refractivity contribution in [3.63, 3.8) is 0 Å². The Bertz CT molecular complexity index is 1050. The number of carbonyl (C=O) groups is 3. The lowest BCUT2D eigenvalue weighted by Crippen LogP contribution is -2.42. The molecule has 150 valence electrons. The number of halogens is 2. The van der Waals surface area contributed by atoms with E-state index in [2.05, 4.69) is 26.6 Å². The van der Waals surface area contributed by atoms with E-state index in [1.165, 1.54) is 6.92 Å². The number of rotatable bonds is 5. The summed E-state index contributed by atoms with van der Waals surface area (Å²) in [6.07, 6.45) is 0. The minimum absolute atomic E-state index is 0.248. The second kappa shape index (κ2) is 7.59. The molecule has 1 aliphatic rings. The average molecular weight is 465 g/mol. The van der Waals surface area contributed by atoms with Gasteiger partial charge in [0.05, 0.1) is 11.0 Å². The first kappa shape index (κ1) is 20.4. The third kappa shape index (κ3) is 3.81. The zero-order chi connectivity index (χ0) is 21.3. The van der Waals surface area contributed by atoms with Crippen LogP contribution in [0.1, 0.15) is 12.5 Å². The molecule has 1 saturated heterocycles. The molecule has 3 rings (SSSR count). The molecular formula is C18H14BrFN4O5. The fourth-order valence-corrected chi connectivity index (χ4v) is 3.67. The smallest absolute Gasteiger partial charge is 0.319 e. The normalized spacial score (nSPS) is 18.5. The molecule has 0 aromatic heterocycles. The van der Waals surface area contributed by atoms with Crippen molar-refractivity contribution in [2.24, 2.45) is 0 Å². The van der Waals surface area contributed by atoms with Crippen molar-refractivity contribution in [3.05, 3.63) is 68.4 Å². The van der Waals surface area contributed by atoms with E-state index in [0.717, 1.165) is 12.1 Å². The lowest BCUT2D eigenvalue weighted by molar-refractivity contribution is -0.384. The second-order valence-electron chi connectivity index (χ2n) is 6.39. The standard InChI is InChI=1S/C18H14BrFN4O5/c1-18(11-4-2-3-5-12(11)19)16(26)23(17(27)22-18)9-15(25)21-13-7-6-10(20)8-14(13)24(28)29/h2-8H,9H2,1H3,(H,21,25)(H,22,27). The fraction of sp³-hybridized carbons (Fsp3) is 0.167. The Hall–Kier alpha value is -3.34. The zero-order valence-electron chi connectivity index (χ0n) is 14.9. The molecule has 11 heteroatoms. The third-order valence-corrected chi connectivity index (χ3v) is 5.11. The van der Waals surface area contributed by atoms with Crippen molar-refractivity contribution < 1.29 is 23.7 Å². The molecular weight excluding hydrogens is 451 g/mol. The fourth-order valence-electron chi connectivity index (χ4n) is 2.98. The van der Waals surface area contributed by atoms with Crippen LogP contribution in [0.25, 0.3) is 0 Å².